The number of carbonyl (C=O) groups is 1. The molecule has 0 radical (unpaired) electrons. The average Bonchev–Trinajstić information content (AvgIpc) is 3.25. The maximum absolute atomic E-state index is 12.6. The number of aliphatic hydroxyl groups is 4. The van der Waals surface area contributed by atoms with E-state index in [1.165, 1.54) is 212 Å². The van der Waals surface area contributed by atoms with E-state index in [2.05, 4.69) is 43.5 Å². The van der Waals surface area contributed by atoms with Crippen LogP contribution in [0.4, 0.5) is 0 Å². The van der Waals surface area contributed by atoms with Gasteiger partial charge in [-0.2, -0.15) is 0 Å². The first-order valence-electron chi connectivity index (χ1n) is 26.7. The molecule has 0 spiro atoms. The van der Waals surface area contributed by atoms with Crippen molar-refractivity contribution >= 4 is 5.91 Å². The van der Waals surface area contributed by atoms with E-state index >= 15 is 0 Å². The molecule has 6 heteroatoms. The summed E-state index contributed by atoms with van der Waals surface area (Å²) in [7, 11) is 0. The van der Waals surface area contributed by atoms with Crippen LogP contribution in [0.25, 0.3) is 0 Å². The van der Waals surface area contributed by atoms with Crippen LogP contribution in [-0.4, -0.2) is 57.3 Å². The molecular weight excluding hydrogens is 743 g/mol. The van der Waals surface area contributed by atoms with E-state index in [0.717, 1.165) is 44.9 Å². The minimum absolute atomic E-state index is 0.357. The molecule has 356 valence electrons. The summed E-state index contributed by atoms with van der Waals surface area (Å²) in [4.78, 5) is 12.6. The number of unbranched alkanes of at least 4 members (excludes halogenated alkanes) is 36. The largest absolute Gasteiger partial charge is 0.394 e. The Morgan fingerprint density at radius 2 is 0.683 bits per heavy atom. The number of hydrogen-bond donors (Lipinski definition) is 5. The Kier molecular flexibility index (Phi) is 47.8. The van der Waals surface area contributed by atoms with E-state index in [-0.39, 0.29) is 0 Å². The Morgan fingerprint density at radius 1 is 0.400 bits per heavy atom. The molecule has 0 aliphatic carbocycles. The van der Waals surface area contributed by atoms with Crippen LogP contribution < -0.4 is 5.32 Å². The molecule has 0 saturated heterocycles. The fraction of sp³-hybridized carbons (Fsp3) is 0.907. The molecule has 0 aromatic heterocycles. The molecule has 0 heterocycles. The molecule has 0 aliphatic rings. The second-order valence-electron chi connectivity index (χ2n) is 18.6. The Bertz CT molecular complexity index is 909. The Balaban J connectivity index is 3.69. The number of hydrogen-bond acceptors (Lipinski definition) is 5. The number of carbonyl (C=O) groups excluding carboxylic acids is 1. The van der Waals surface area contributed by atoms with Crippen molar-refractivity contribution in [3.63, 3.8) is 0 Å². The fourth-order valence-corrected chi connectivity index (χ4v) is 8.40. The molecular formula is C54H105NO5. The predicted octanol–water partition coefficient (Wildman–Crippen LogP) is 15.1. The molecule has 60 heavy (non-hydrogen) atoms. The summed E-state index contributed by atoms with van der Waals surface area (Å²) >= 11 is 0. The summed E-state index contributed by atoms with van der Waals surface area (Å²) in [5.41, 5.74) is 0. The summed E-state index contributed by atoms with van der Waals surface area (Å²) in [5, 5.41) is 43.9. The van der Waals surface area contributed by atoms with E-state index in [1.54, 1.807) is 0 Å². The third kappa shape index (κ3) is 42.1. The van der Waals surface area contributed by atoms with Crippen LogP contribution in [0.2, 0.25) is 0 Å². The third-order valence-corrected chi connectivity index (χ3v) is 12.6. The number of rotatable bonds is 49. The number of allylic oxidation sites excluding steroid dienone is 4. The van der Waals surface area contributed by atoms with Crippen LogP contribution >= 0.6 is 0 Å². The lowest BCUT2D eigenvalue weighted by Crippen LogP contribution is -2.53. The van der Waals surface area contributed by atoms with E-state index in [9.17, 15) is 25.2 Å². The van der Waals surface area contributed by atoms with Crippen LogP contribution in [0, 0.1) is 0 Å². The average molecular weight is 848 g/mol. The molecule has 4 unspecified atom stereocenters. The van der Waals surface area contributed by atoms with Gasteiger partial charge in [-0.25, -0.2) is 0 Å². The zero-order chi connectivity index (χ0) is 43.8. The van der Waals surface area contributed by atoms with E-state index in [0.29, 0.717) is 12.8 Å². The zero-order valence-electron chi connectivity index (χ0n) is 40.2. The highest BCUT2D eigenvalue weighted by atomic mass is 16.3. The van der Waals surface area contributed by atoms with Gasteiger partial charge in [0, 0.05) is 0 Å². The van der Waals surface area contributed by atoms with Crippen LogP contribution in [0.3, 0.4) is 0 Å². The molecule has 4 atom stereocenters. The van der Waals surface area contributed by atoms with E-state index in [4.69, 9.17) is 0 Å². The van der Waals surface area contributed by atoms with Crippen molar-refractivity contribution in [3.05, 3.63) is 24.3 Å². The van der Waals surface area contributed by atoms with Crippen LogP contribution in [0.15, 0.2) is 24.3 Å². The summed E-state index contributed by atoms with van der Waals surface area (Å²) in [6.45, 7) is 4.07. The van der Waals surface area contributed by atoms with Gasteiger partial charge in [0.2, 0.25) is 5.91 Å². The van der Waals surface area contributed by atoms with E-state index in [1.807, 2.05) is 0 Å². The van der Waals surface area contributed by atoms with E-state index < -0.39 is 36.9 Å². The zero-order valence-corrected chi connectivity index (χ0v) is 40.2. The predicted molar refractivity (Wildman–Crippen MR) is 261 cm³/mol. The molecule has 5 N–H and O–H groups in total. The topological polar surface area (TPSA) is 110 Å². The highest BCUT2D eigenvalue weighted by Gasteiger charge is 2.28. The molecule has 6 nitrogen and oxygen atoms in total. The smallest absolute Gasteiger partial charge is 0.249 e. The number of amides is 1. The first-order valence-corrected chi connectivity index (χ1v) is 26.7. The highest BCUT2D eigenvalue weighted by molar-refractivity contribution is 5.80. The molecule has 0 rings (SSSR count). The second kappa shape index (κ2) is 48.8. The van der Waals surface area contributed by atoms with Gasteiger partial charge in [0.1, 0.15) is 12.2 Å². The number of nitrogens with one attached hydrogen (secondary N) is 1. The van der Waals surface area contributed by atoms with Gasteiger partial charge in [0.15, 0.2) is 0 Å². The second-order valence-corrected chi connectivity index (χ2v) is 18.6. The highest BCUT2D eigenvalue weighted by Crippen LogP contribution is 2.17. The van der Waals surface area contributed by atoms with Gasteiger partial charge in [0.05, 0.1) is 18.8 Å². The first-order chi connectivity index (χ1) is 29.5. The molecule has 0 fully saturated rings. The molecule has 0 aromatic carbocycles. The number of aliphatic hydroxyl groups excluding tert-OH is 4. The lowest BCUT2D eigenvalue weighted by atomic mass is 10.00. The maximum Gasteiger partial charge on any atom is 0.249 e. The quantitative estimate of drug-likeness (QED) is 0.0309. The van der Waals surface area contributed by atoms with Crippen molar-refractivity contribution in [1.29, 1.82) is 0 Å². The van der Waals surface area contributed by atoms with Gasteiger partial charge >= 0.3 is 0 Å². The minimum atomic E-state index is -1.28. The van der Waals surface area contributed by atoms with Gasteiger partial charge < -0.3 is 25.7 Å². The fourth-order valence-electron chi connectivity index (χ4n) is 8.40. The van der Waals surface area contributed by atoms with Crippen LogP contribution in [0.1, 0.15) is 284 Å². The lowest BCUT2D eigenvalue weighted by molar-refractivity contribution is -0.132. The van der Waals surface area contributed by atoms with Gasteiger partial charge in [-0.1, -0.05) is 244 Å². The molecule has 0 bridgehead atoms. The summed E-state index contributed by atoms with van der Waals surface area (Å²) in [5.74, 6) is -0.595. The van der Waals surface area contributed by atoms with Crippen molar-refractivity contribution in [2.75, 3.05) is 6.61 Å². The third-order valence-electron chi connectivity index (χ3n) is 12.6. The standard InChI is InChI=1S/C54H105NO5/c1-3-5-7-9-11-13-15-17-19-21-23-25-26-28-29-31-33-35-37-39-41-43-45-47-51(57)53(59)50(49-56)55-54(60)52(58)48-46-44-42-40-38-36-34-32-30-27-24-22-20-18-16-14-12-10-8-6-4-2/h30,32,39,41,50-53,56-59H,3-29,31,33-38,40,42-49H2,1-2H3,(H,55,60)/b32-30-,41-39+. The monoisotopic (exact) mass is 848 g/mol. The molecule has 0 aromatic rings. The summed E-state index contributed by atoms with van der Waals surface area (Å²) < 4.78 is 0. The van der Waals surface area contributed by atoms with Gasteiger partial charge in [-0.05, 0) is 64.2 Å². The van der Waals surface area contributed by atoms with Crippen LogP contribution in [0.5, 0.6) is 0 Å². The van der Waals surface area contributed by atoms with Crippen molar-refractivity contribution in [2.24, 2.45) is 0 Å². The Labute approximate surface area is 374 Å². The van der Waals surface area contributed by atoms with Gasteiger partial charge in [0.25, 0.3) is 0 Å². The van der Waals surface area contributed by atoms with Crippen LogP contribution in [-0.2, 0) is 4.79 Å². The summed E-state index contributed by atoms with van der Waals surface area (Å²) in [6, 6.07) is -1.00. The van der Waals surface area contributed by atoms with Gasteiger partial charge in [-0.15, -0.1) is 0 Å². The first kappa shape index (κ1) is 58.8. The Hall–Kier alpha value is -1.21. The lowest BCUT2D eigenvalue weighted by Gasteiger charge is -2.27. The normalized spacial score (nSPS) is 14.0. The molecule has 0 saturated carbocycles. The van der Waals surface area contributed by atoms with Crippen molar-refractivity contribution in [1.82, 2.24) is 5.32 Å². The van der Waals surface area contributed by atoms with Crippen molar-refractivity contribution in [3.8, 4) is 0 Å². The summed E-state index contributed by atoms with van der Waals surface area (Å²) in [6.07, 6.45) is 58.1. The minimum Gasteiger partial charge on any atom is -0.394 e. The van der Waals surface area contributed by atoms with Crippen molar-refractivity contribution < 1.29 is 25.2 Å². The molecule has 0 aliphatic heterocycles. The maximum atomic E-state index is 12.6. The van der Waals surface area contributed by atoms with Gasteiger partial charge in [-0.3, -0.25) is 4.79 Å². The molecule has 1 amide bonds. The Morgan fingerprint density at radius 3 is 1.00 bits per heavy atom. The SMILES string of the molecule is CCCCCCCCCCCCC/C=C\CCCCCCCCC(O)C(=O)NC(CO)C(O)C(O)CCC/C=C/CCCCCCCCCCCCCCCCCCCC. The van der Waals surface area contributed by atoms with Crippen molar-refractivity contribution in [2.45, 2.75) is 308 Å².